The molecule has 0 saturated carbocycles. The van der Waals surface area contributed by atoms with E-state index in [4.69, 9.17) is 25.5 Å². The van der Waals surface area contributed by atoms with E-state index in [1.165, 1.54) is 13.4 Å². The summed E-state index contributed by atoms with van der Waals surface area (Å²) in [6.45, 7) is 0. The largest absolute Gasteiger partial charge is 0.495 e. The first-order valence-corrected chi connectivity index (χ1v) is 7.98. The molecule has 8 heteroatoms. The molecule has 0 aliphatic rings. The van der Waals surface area contributed by atoms with Crippen molar-refractivity contribution in [2.24, 2.45) is 0 Å². The van der Waals surface area contributed by atoms with Crippen LogP contribution in [0.25, 0.3) is 0 Å². The number of aromatic nitrogens is 1. The molecule has 0 atom stereocenters. The molecular formula is C18H16ClN3O4. The van der Waals surface area contributed by atoms with Gasteiger partial charge in [0.05, 0.1) is 43.1 Å². The number of hydrogen-bond donors (Lipinski definition) is 2. The zero-order valence-electron chi connectivity index (χ0n) is 14.1. The number of hydrogen-bond acceptors (Lipinski definition) is 6. The van der Waals surface area contributed by atoms with E-state index in [1.807, 2.05) is 0 Å². The number of nitrogens with zero attached hydrogens (tertiary/aromatic N) is 1. The number of carbonyl (C=O) groups is 1. The van der Waals surface area contributed by atoms with Gasteiger partial charge in [-0.1, -0.05) is 11.6 Å². The highest BCUT2D eigenvalue weighted by molar-refractivity contribution is 6.32. The number of carbonyl (C=O) groups excluding carboxylic acids is 1. The molecule has 0 unspecified atom stereocenters. The second kappa shape index (κ2) is 7.79. The van der Waals surface area contributed by atoms with Gasteiger partial charge in [0.1, 0.15) is 17.3 Å². The van der Waals surface area contributed by atoms with Crippen LogP contribution >= 0.6 is 11.6 Å². The molecule has 0 fully saturated rings. The van der Waals surface area contributed by atoms with Crippen molar-refractivity contribution in [2.75, 3.05) is 24.9 Å². The number of methoxy groups -OCH3 is 2. The molecule has 0 radical (unpaired) electrons. The Morgan fingerprint density at radius 3 is 2.58 bits per heavy atom. The number of rotatable bonds is 6. The second-order valence-corrected chi connectivity index (χ2v) is 5.58. The maximum atomic E-state index is 11.9. The lowest BCUT2D eigenvalue weighted by Gasteiger charge is -2.14. The number of halogens is 1. The van der Waals surface area contributed by atoms with Crippen molar-refractivity contribution in [3.63, 3.8) is 0 Å². The standard InChI is InChI=1S/C18H16ClN3O4/c1-24-15-9-13(16(25-2)8-12(15)19)21-11-5-6-17(20-10-11)22-18(23)14-4-3-7-26-14/h3-10,21H,1-2H3,(H,20,22,23). The zero-order chi connectivity index (χ0) is 18.5. The first-order chi connectivity index (χ1) is 12.6. The average Bonchev–Trinajstić information content (AvgIpc) is 3.19. The lowest BCUT2D eigenvalue weighted by molar-refractivity contribution is 0.0996. The maximum absolute atomic E-state index is 11.9. The predicted molar refractivity (Wildman–Crippen MR) is 98.7 cm³/mol. The fraction of sp³-hybridized carbons (Fsp3) is 0.111. The third kappa shape index (κ3) is 3.89. The average molecular weight is 374 g/mol. The van der Waals surface area contributed by atoms with E-state index in [-0.39, 0.29) is 11.7 Å². The molecule has 7 nitrogen and oxygen atoms in total. The van der Waals surface area contributed by atoms with Gasteiger partial charge in [-0.3, -0.25) is 4.79 Å². The van der Waals surface area contributed by atoms with Crippen molar-refractivity contribution in [1.82, 2.24) is 4.98 Å². The third-order valence-corrected chi connectivity index (χ3v) is 3.80. The second-order valence-electron chi connectivity index (χ2n) is 5.18. The van der Waals surface area contributed by atoms with Crippen molar-refractivity contribution in [2.45, 2.75) is 0 Å². The van der Waals surface area contributed by atoms with Crippen LogP contribution in [-0.4, -0.2) is 25.1 Å². The highest BCUT2D eigenvalue weighted by Crippen LogP contribution is 2.37. The van der Waals surface area contributed by atoms with Gasteiger partial charge in [-0.25, -0.2) is 4.98 Å². The molecule has 2 heterocycles. The van der Waals surface area contributed by atoms with Crippen LogP contribution in [-0.2, 0) is 0 Å². The topological polar surface area (TPSA) is 85.6 Å². The normalized spacial score (nSPS) is 10.3. The lowest BCUT2D eigenvalue weighted by atomic mass is 10.2. The van der Waals surface area contributed by atoms with E-state index >= 15 is 0 Å². The van der Waals surface area contributed by atoms with Gasteiger partial charge in [-0.15, -0.1) is 0 Å². The Morgan fingerprint density at radius 2 is 1.96 bits per heavy atom. The summed E-state index contributed by atoms with van der Waals surface area (Å²) in [6, 6.07) is 10.0. The number of benzene rings is 1. The Bertz CT molecular complexity index is 896. The molecule has 1 amide bonds. The summed E-state index contributed by atoms with van der Waals surface area (Å²) in [5.74, 6) is 1.33. The van der Waals surface area contributed by atoms with Crippen LogP contribution in [0.4, 0.5) is 17.2 Å². The minimum Gasteiger partial charge on any atom is -0.495 e. The van der Waals surface area contributed by atoms with E-state index in [9.17, 15) is 4.79 Å². The minimum atomic E-state index is -0.368. The van der Waals surface area contributed by atoms with Crippen LogP contribution in [0, 0.1) is 0 Å². The Kier molecular flexibility index (Phi) is 5.28. The van der Waals surface area contributed by atoms with Crippen molar-refractivity contribution in [3.8, 4) is 11.5 Å². The number of ether oxygens (including phenoxy) is 2. The molecule has 2 aromatic heterocycles. The number of nitrogens with one attached hydrogen (secondary N) is 2. The van der Waals surface area contributed by atoms with Crippen LogP contribution in [0.15, 0.2) is 53.3 Å². The summed E-state index contributed by atoms with van der Waals surface area (Å²) in [4.78, 5) is 16.1. The van der Waals surface area contributed by atoms with Crippen molar-refractivity contribution in [1.29, 1.82) is 0 Å². The van der Waals surface area contributed by atoms with Crippen LogP contribution in [0.3, 0.4) is 0 Å². The Morgan fingerprint density at radius 1 is 1.15 bits per heavy atom. The van der Waals surface area contributed by atoms with Gasteiger partial charge < -0.3 is 24.5 Å². The molecule has 3 rings (SSSR count). The zero-order valence-corrected chi connectivity index (χ0v) is 14.8. The van der Waals surface area contributed by atoms with Crippen LogP contribution in [0.5, 0.6) is 11.5 Å². The predicted octanol–water partition coefficient (Wildman–Crippen LogP) is 4.34. The van der Waals surface area contributed by atoms with Gasteiger partial charge >= 0.3 is 0 Å². The molecule has 1 aromatic carbocycles. The molecule has 0 saturated heterocycles. The maximum Gasteiger partial charge on any atom is 0.292 e. The monoisotopic (exact) mass is 373 g/mol. The summed E-state index contributed by atoms with van der Waals surface area (Å²) in [5, 5.41) is 6.27. The lowest BCUT2D eigenvalue weighted by Crippen LogP contribution is -2.11. The van der Waals surface area contributed by atoms with Crippen molar-refractivity contribution < 1.29 is 18.7 Å². The molecule has 0 bridgehead atoms. The van der Waals surface area contributed by atoms with E-state index in [0.29, 0.717) is 33.7 Å². The fourth-order valence-corrected chi connectivity index (χ4v) is 2.47. The van der Waals surface area contributed by atoms with Crippen LogP contribution < -0.4 is 20.1 Å². The highest BCUT2D eigenvalue weighted by Gasteiger charge is 2.12. The minimum absolute atomic E-state index is 0.215. The molecule has 26 heavy (non-hydrogen) atoms. The number of amides is 1. The molecule has 0 aliphatic heterocycles. The van der Waals surface area contributed by atoms with Gasteiger partial charge in [-0.05, 0) is 24.3 Å². The quantitative estimate of drug-likeness (QED) is 0.668. The summed E-state index contributed by atoms with van der Waals surface area (Å²) in [6.07, 6.45) is 3.02. The Balaban J connectivity index is 1.74. The van der Waals surface area contributed by atoms with E-state index < -0.39 is 0 Å². The molecule has 3 aromatic rings. The first kappa shape index (κ1) is 17.6. The van der Waals surface area contributed by atoms with Gasteiger partial charge in [0.15, 0.2) is 5.76 Å². The highest BCUT2D eigenvalue weighted by atomic mass is 35.5. The number of pyridine rings is 1. The number of anilines is 3. The first-order valence-electron chi connectivity index (χ1n) is 7.60. The summed E-state index contributed by atoms with van der Waals surface area (Å²) >= 11 is 6.10. The van der Waals surface area contributed by atoms with Crippen LogP contribution in [0.1, 0.15) is 10.6 Å². The third-order valence-electron chi connectivity index (χ3n) is 3.50. The van der Waals surface area contributed by atoms with Gasteiger partial charge in [0, 0.05) is 12.1 Å². The van der Waals surface area contributed by atoms with Gasteiger partial charge in [0.2, 0.25) is 0 Å². The number of furan rings is 1. The van der Waals surface area contributed by atoms with Crippen molar-refractivity contribution in [3.05, 3.63) is 59.6 Å². The molecule has 0 spiro atoms. The van der Waals surface area contributed by atoms with Crippen molar-refractivity contribution >= 4 is 34.7 Å². The SMILES string of the molecule is COc1cc(Nc2ccc(NC(=O)c3ccco3)nc2)c(OC)cc1Cl. The smallest absolute Gasteiger partial charge is 0.292 e. The fourth-order valence-electron chi connectivity index (χ4n) is 2.24. The van der Waals surface area contributed by atoms with Gasteiger partial charge in [0.25, 0.3) is 5.91 Å². The van der Waals surface area contributed by atoms with Crippen LogP contribution in [0.2, 0.25) is 5.02 Å². The Labute approximate surface area is 154 Å². The molecule has 2 N–H and O–H groups in total. The molecule has 134 valence electrons. The van der Waals surface area contributed by atoms with Gasteiger partial charge in [-0.2, -0.15) is 0 Å². The summed E-state index contributed by atoms with van der Waals surface area (Å²) in [7, 11) is 3.09. The Hall–Kier alpha value is -3.19. The summed E-state index contributed by atoms with van der Waals surface area (Å²) < 4.78 is 15.6. The van der Waals surface area contributed by atoms with E-state index in [1.54, 1.807) is 49.7 Å². The summed E-state index contributed by atoms with van der Waals surface area (Å²) in [5.41, 5.74) is 1.37. The molecule has 0 aliphatic carbocycles. The van der Waals surface area contributed by atoms with E-state index in [2.05, 4.69) is 15.6 Å². The van der Waals surface area contributed by atoms with E-state index in [0.717, 1.165) is 0 Å². The molecular weight excluding hydrogens is 358 g/mol.